The highest BCUT2D eigenvalue weighted by atomic mass is 35.5. The molecule has 1 rings (SSSR count). The van der Waals surface area contributed by atoms with E-state index in [1.54, 1.807) is 13.0 Å². The fraction of sp³-hybridized carbons (Fsp3) is 0.222. The number of phenolic OH excluding ortho intramolecular Hbond substituents is 1. The van der Waals surface area contributed by atoms with Gasteiger partial charge < -0.3 is 9.84 Å². The summed E-state index contributed by atoms with van der Waals surface area (Å²) in [5.41, 5.74) is 0. The van der Waals surface area contributed by atoms with Crippen molar-refractivity contribution >= 4 is 17.6 Å². The zero-order valence-corrected chi connectivity index (χ0v) is 7.84. The Morgan fingerprint density at radius 2 is 2.31 bits per heavy atom. The lowest BCUT2D eigenvalue weighted by Crippen LogP contribution is -2.05. The van der Waals surface area contributed by atoms with E-state index in [-0.39, 0.29) is 22.9 Å². The standard InChI is InChI=1S/C9H9ClO3/c1-2-8(11)13-7-5-3-4-6(10)9(7)12/h3-5,12H,2H2,1H3. The van der Waals surface area contributed by atoms with E-state index in [9.17, 15) is 9.90 Å². The second-order valence-electron chi connectivity index (χ2n) is 2.41. The molecule has 0 radical (unpaired) electrons. The van der Waals surface area contributed by atoms with Crippen molar-refractivity contribution in [3.8, 4) is 11.5 Å². The number of phenols is 1. The highest BCUT2D eigenvalue weighted by Crippen LogP contribution is 2.33. The number of benzene rings is 1. The molecule has 0 aromatic heterocycles. The molecule has 0 fully saturated rings. The maximum Gasteiger partial charge on any atom is 0.311 e. The molecule has 13 heavy (non-hydrogen) atoms. The van der Waals surface area contributed by atoms with Crippen LogP contribution in [0.5, 0.6) is 11.5 Å². The smallest absolute Gasteiger partial charge is 0.311 e. The third-order valence-electron chi connectivity index (χ3n) is 1.46. The molecule has 1 aromatic carbocycles. The second-order valence-corrected chi connectivity index (χ2v) is 2.82. The Balaban J connectivity index is 2.89. The van der Waals surface area contributed by atoms with Crippen molar-refractivity contribution in [2.24, 2.45) is 0 Å². The first-order valence-corrected chi connectivity index (χ1v) is 4.21. The summed E-state index contributed by atoms with van der Waals surface area (Å²) in [6.07, 6.45) is 0.256. The van der Waals surface area contributed by atoms with E-state index in [0.29, 0.717) is 0 Å². The Morgan fingerprint density at radius 1 is 1.62 bits per heavy atom. The summed E-state index contributed by atoms with van der Waals surface area (Å²) in [6, 6.07) is 4.59. The maximum absolute atomic E-state index is 10.9. The van der Waals surface area contributed by atoms with Crippen molar-refractivity contribution in [3.05, 3.63) is 23.2 Å². The van der Waals surface area contributed by atoms with Crippen LogP contribution in [-0.4, -0.2) is 11.1 Å². The van der Waals surface area contributed by atoms with Crippen molar-refractivity contribution in [2.75, 3.05) is 0 Å². The zero-order valence-electron chi connectivity index (χ0n) is 7.08. The number of halogens is 1. The Labute approximate surface area is 80.9 Å². The van der Waals surface area contributed by atoms with Gasteiger partial charge in [-0.25, -0.2) is 0 Å². The van der Waals surface area contributed by atoms with Crippen molar-refractivity contribution in [2.45, 2.75) is 13.3 Å². The van der Waals surface area contributed by atoms with Crippen molar-refractivity contribution in [1.82, 2.24) is 0 Å². The SMILES string of the molecule is CCC(=O)Oc1cccc(Cl)c1O. The molecule has 0 spiro atoms. The number of esters is 1. The van der Waals surface area contributed by atoms with E-state index in [1.807, 2.05) is 0 Å². The van der Waals surface area contributed by atoms with Gasteiger partial charge in [0.1, 0.15) is 0 Å². The summed E-state index contributed by atoms with van der Waals surface area (Å²) < 4.78 is 4.80. The molecule has 0 atom stereocenters. The lowest BCUT2D eigenvalue weighted by Gasteiger charge is -2.05. The molecular weight excluding hydrogens is 192 g/mol. The summed E-state index contributed by atoms with van der Waals surface area (Å²) in [7, 11) is 0. The summed E-state index contributed by atoms with van der Waals surface area (Å²) in [4.78, 5) is 10.9. The van der Waals surface area contributed by atoms with E-state index < -0.39 is 5.97 Å². The van der Waals surface area contributed by atoms with E-state index in [4.69, 9.17) is 16.3 Å². The second kappa shape index (κ2) is 4.14. The van der Waals surface area contributed by atoms with Gasteiger partial charge in [0.2, 0.25) is 0 Å². The van der Waals surface area contributed by atoms with Crippen LogP contribution >= 0.6 is 11.6 Å². The normalized spacial score (nSPS) is 9.69. The monoisotopic (exact) mass is 200 g/mol. The van der Waals surface area contributed by atoms with Gasteiger partial charge in [0, 0.05) is 6.42 Å². The summed E-state index contributed by atoms with van der Waals surface area (Å²) in [5, 5.41) is 9.50. The molecule has 0 aliphatic heterocycles. The quantitative estimate of drug-likeness (QED) is 0.589. The predicted octanol–water partition coefficient (Wildman–Crippen LogP) is 2.36. The van der Waals surface area contributed by atoms with E-state index in [0.717, 1.165) is 0 Å². The van der Waals surface area contributed by atoms with Gasteiger partial charge in [-0.05, 0) is 12.1 Å². The first kappa shape index (κ1) is 9.86. The molecule has 0 saturated carbocycles. The molecule has 4 heteroatoms. The Kier molecular flexibility index (Phi) is 3.14. The van der Waals surface area contributed by atoms with Crippen LogP contribution < -0.4 is 4.74 Å². The number of carbonyl (C=O) groups is 1. The highest BCUT2D eigenvalue weighted by Gasteiger charge is 2.08. The zero-order chi connectivity index (χ0) is 9.84. The number of rotatable bonds is 2. The number of aromatic hydroxyl groups is 1. The van der Waals surface area contributed by atoms with Gasteiger partial charge in [0.05, 0.1) is 5.02 Å². The highest BCUT2D eigenvalue weighted by molar-refractivity contribution is 6.32. The molecule has 0 amide bonds. The van der Waals surface area contributed by atoms with Crippen LogP contribution in [0.4, 0.5) is 0 Å². The number of para-hydroxylation sites is 1. The van der Waals surface area contributed by atoms with Gasteiger partial charge >= 0.3 is 5.97 Å². The molecule has 1 aromatic rings. The molecular formula is C9H9ClO3. The summed E-state index contributed by atoms with van der Waals surface area (Å²) in [5.74, 6) is -0.511. The van der Waals surface area contributed by atoms with Crippen molar-refractivity contribution < 1.29 is 14.6 Å². The van der Waals surface area contributed by atoms with Crippen molar-refractivity contribution in [1.29, 1.82) is 0 Å². The average molecular weight is 201 g/mol. The topological polar surface area (TPSA) is 46.5 Å². The molecule has 0 bridgehead atoms. The first-order chi connectivity index (χ1) is 6.15. The Bertz CT molecular complexity index is 323. The maximum atomic E-state index is 10.9. The molecule has 0 aliphatic rings. The van der Waals surface area contributed by atoms with Crippen LogP contribution in [0, 0.1) is 0 Å². The molecule has 0 heterocycles. The third-order valence-corrected chi connectivity index (χ3v) is 1.77. The first-order valence-electron chi connectivity index (χ1n) is 3.83. The van der Waals surface area contributed by atoms with Crippen LogP contribution in [0.2, 0.25) is 5.02 Å². The number of hydrogen-bond acceptors (Lipinski definition) is 3. The Hall–Kier alpha value is -1.22. The molecule has 3 nitrogen and oxygen atoms in total. The minimum Gasteiger partial charge on any atom is -0.503 e. The van der Waals surface area contributed by atoms with E-state index in [2.05, 4.69) is 0 Å². The van der Waals surface area contributed by atoms with Crippen LogP contribution in [0.15, 0.2) is 18.2 Å². The largest absolute Gasteiger partial charge is 0.503 e. The van der Waals surface area contributed by atoms with Crippen LogP contribution in [0.1, 0.15) is 13.3 Å². The van der Waals surface area contributed by atoms with Crippen LogP contribution in [0.3, 0.4) is 0 Å². The molecule has 0 saturated heterocycles. The number of hydrogen-bond donors (Lipinski definition) is 1. The number of carbonyl (C=O) groups excluding carboxylic acids is 1. The average Bonchev–Trinajstić information content (AvgIpc) is 2.13. The summed E-state index contributed by atoms with van der Waals surface area (Å²) >= 11 is 5.60. The van der Waals surface area contributed by atoms with Crippen molar-refractivity contribution in [3.63, 3.8) is 0 Å². The van der Waals surface area contributed by atoms with E-state index >= 15 is 0 Å². The minimum atomic E-state index is -0.405. The Morgan fingerprint density at radius 3 is 2.92 bits per heavy atom. The van der Waals surface area contributed by atoms with Gasteiger partial charge in [-0.1, -0.05) is 24.6 Å². The fourth-order valence-electron chi connectivity index (χ4n) is 0.773. The van der Waals surface area contributed by atoms with Gasteiger partial charge in [-0.3, -0.25) is 4.79 Å². The van der Waals surface area contributed by atoms with Crippen LogP contribution in [0.25, 0.3) is 0 Å². The lowest BCUT2D eigenvalue weighted by molar-refractivity contribution is -0.134. The van der Waals surface area contributed by atoms with Gasteiger partial charge in [0.15, 0.2) is 11.5 Å². The van der Waals surface area contributed by atoms with Crippen LogP contribution in [-0.2, 0) is 4.79 Å². The molecule has 70 valence electrons. The molecule has 0 unspecified atom stereocenters. The summed E-state index contributed by atoms with van der Waals surface area (Å²) in [6.45, 7) is 1.67. The van der Waals surface area contributed by atoms with Gasteiger partial charge in [0.25, 0.3) is 0 Å². The lowest BCUT2D eigenvalue weighted by atomic mass is 10.3. The third kappa shape index (κ3) is 2.36. The predicted molar refractivity (Wildman–Crippen MR) is 49.0 cm³/mol. The number of ether oxygens (including phenoxy) is 1. The minimum absolute atomic E-state index is 0.0966. The van der Waals surface area contributed by atoms with Gasteiger partial charge in [-0.15, -0.1) is 0 Å². The van der Waals surface area contributed by atoms with Gasteiger partial charge in [-0.2, -0.15) is 0 Å². The molecule has 0 aliphatic carbocycles. The molecule has 1 N–H and O–H groups in total. The van der Waals surface area contributed by atoms with E-state index in [1.165, 1.54) is 12.1 Å². The fourth-order valence-corrected chi connectivity index (χ4v) is 0.939.